The molecular weight excluding hydrogens is 424 g/mol. The number of hydrogen-bond acceptors (Lipinski definition) is 5. The minimum atomic E-state index is -0.511. The number of nitrogens with one attached hydrogen (secondary N) is 1. The van der Waals surface area contributed by atoms with Crippen molar-refractivity contribution in [3.8, 4) is 0 Å². The molecular formula is C21H31BrN2O4. The second-order valence-electron chi connectivity index (χ2n) is 8.52. The van der Waals surface area contributed by atoms with Gasteiger partial charge < -0.3 is 19.7 Å². The number of carbonyl (C=O) groups is 2. The SMILES string of the molecule is COC(=O)c1cc(Br)cc(NC2C[C@@H](C)N(C(=O)OC(C)(C)C)[C@H](C)C2)c1C. The van der Waals surface area contributed by atoms with E-state index in [9.17, 15) is 9.59 Å². The molecule has 1 amide bonds. The van der Waals surface area contributed by atoms with Crippen LogP contribution in [0.15, 0.2) is 16.6 Å². The normalized spacial score (nSPS) is 22.6. The van der Waals surface area contributed by atoms with Crippen molar-refractivity contribution in [1.82, 2.24) is 4.90 Å². The second kappa shape index (κ2) is 8.72. The number of rotatable bonds is 3. The molecule has 1 heterocycles. The van der Waals surface area contributed by atoms with Gasteiger partial charge in [-0.15, -0.1) is 0 Å². The van der Waals surface area contributed by atoms with Crippen LogP contribution in [-0.4, -0.2) is 47.8 Å². The standard InChI is InChI=1S/C21H31BrN2O4/c1-12-8-16(9-13(2)24(12)20(26)28-21(4,5)6)23-18-11-15(22)10-17(14(18)3)19(25)27-7/h10-13,16,23H,8-9H2,1-7H3/t12-,13-/m1/s1. The van der Waals surface area contributed by atoms with Gasteiger partial charge in [0, 0.05) is 28.3 Å². The molecule has 0 saturated carbocycles. The van der Waals surface area contributed by atoms with Crippen molar-refractivity contribution >= 4 is 33.7 Å². The highest BCUT2D eigenvalue weighted by Crippen LogP contribution is 2.31. The van der Waals surface area contributed by atoms with Crippen LogP contribution in [0.2, 0.25) is 0 Å². The highest BCUT2D eigenvalue weighted by atomic mass is 79.9. The van der Waals surface area contributed by atoms with E-state index in [0.29, 0.717) is 5.56 Å². The average Bonchev–Trinajstić information content (AvgIpc) is 2.54. The number of halogens is 1. The number of nitrogens with zero attached hydrogens (tertiary/aromatic N) is 1. The summed E-state index contributed by atoms with van der Waals surface area (Å²) in [7, 11) is 1.38. The summed E-state index contributed by atoms with van der Waals surface area (Å²) in [4.78, 5) is 26.4. The van der Waals surface area contributed by atoms with Crippen molar-refractivity contribution < 1.29 is 19.1 Å². The highest BCUT2D eigenvalue weighted by Gasteiger charge is 2.36. The number of methoxy groups -OCH3 is 1. The Balaban J connectivity index is 2.15. The van der Waals surface area contributed by atoms with Crippen molar-refractivity contribution in [2.24, 2.45) is 0 Å². The van der Waals surface area contributed by atoms with E-state index in [1.807, 2.05) is 52.5 Å². The fourth-order valence-corrected chi connectivity index (χ4v) is 4.20. The van der Waals surface area contributed by atoms with Crippen molar-refractivity contribution in [3.63, 3.8) is 0 Å². The van der Waals surface area contributed by atoms with Gasteiger partial charge in [0.2, 0.25) is 0 Å². The summed E-state index contributed by atoms with van der Waals surface area (Å²) in [6.45, 7) is 11.6. The van der Waals surface area contributed by atoms with Crippen molar-refractivity contribution in [3.05, 3.63) is 27.7 Å². The zero-order valence-corrected chi connectivity index (χ0v) is 19.3. The van der Waals surface area contributed by atoms with Gasteiger partial charge in [-0.05, 0) is 72.1 Å². The van der Waals surface area contributed by atoms with Crippen molar-refractivity contribution in [2.45, 2.75) is 78.1 Å². The summed E-state index contributed by atoms with van der Waals surface area (Å²) >= 11 is 3.47. The third-order valence-corrected chi connectivity index (χ3v) is 5.40. The Morgan fingerprint density at radius 1 is 1.18 bits per heavy atom. The zero-order valence-electron chi connectivity index (χ0n) is 17.8. The fraction of sp³-hybridized carbons (Fsp3) is 0.619. The minimum absolute atomic E-state index is 0.0450. The number of esters is 1. The summed E-state index contributed by atoms with van der Waals surface area (Å²) in [6, 6.07) is 4.01. The predicted molar refractivity (Wildman–Crippen MR) is 114 cm³/mol. The Hall–Kier alpha value is -1.76. The zero-order chi connectivity index (χ0) is 21.2. The maximum atomic E-state index is 12.6. The molecule has 0 radical (unpaired) electrons. The summed E-state index contributed by atoms with van der Waals surface area (Å²) in [6.07, 6.45) is 1.32. The van der Waals surface area contributed by atoms with E-state index >= 15 is 0 Å². The topological polar surface area (TPSA) is 67.9 Å². The lowest BCUT2D eigenvalue weighted by Gasteiger charge is -2.43. The lowest BCUT2D eigenvalue weighted by Crippen LogP contribution is -2.54. The van der Waals surface area contributed by atoms with Crippen molar-refractivity contribution in [1.29, 1.82) is 0 Å². The van der Waals surface area contributed by atoms with Gasteiger partial charge in [-0.25, -0.2) is 9.59 Å². The van der Waals surface area contributed by atoms with Crippen LogP contribution in [0, 0.1) is 6.92 Å². The van der Waals surface area contributed by atoms with E-state index in [2.05, 4.69) is 21.2 Å². The molecule has 1 saturated heterocycles. The van der Waals surface area contributed by atoms with Crippen LogP contribution in [-0.2, 0) is 9.47 Å². The molecule has 1 aliphatic rings. The van der Waals surface area contributed by atoms with Crippen LogP contribution < -0.4 is 5.32 Å². The van der Waals surface area contributed by atoms with E-state index in [1.165, 1.54) is 7.11 Å². The van der Waals surface area contributed by atoms with E-state index in [1.54, 1.807) is 6.07 Å². The van der Waals surface area contributed by atoms with Crippen LogP contribution in [0.1, 0.15) is 63.4 Å². The minimum Gasteiger partial charge on any atom is -0.465 e. The molecule has 0 aliphatic carbocycles. The molecule has 1 aromatic carbocycles. The first-order chi connectivity index (χ1) is 12.9. The number of ether oxygens (including phenoxy) is 2. The molecule has 0 aromatic heterocycles. The van der Waals surface area contributed by atoms with E-state index in [0.717, 1.165) is 28.6 Å². The van der Waals surface area contributed by atoms with E-state index in [4.69, 9.17) is 9.47 Å². The van der Waals surface area contributed by atoms with Crippen LogP contribution in [0.3, 0.4) is 0 Å². The lowest BCUT2D eigenvalue weighted by molar-refractivity contribution is -0.00132. The molecule has 1 fully saturated rings. The number of piperidine rings is 1. The summed E-state index contributed by atoms with van der Waals surface area (Å²) in [5, 5.41) is 3.56. The van der Waals surface area contributed by atoms with Gasteiger partial charge in [0.1, 0.15) is 5.60 Å². The fourth-order valence-electron chi connectivity index (χ4n) is 3.74. The van der Waals surface area contributed by atoms with Gasteiger partial charge in [-0.1, -0.05) is 15.9 Å². The Labute approximate surface area is 176 Å². The number of likely N-dealkylation sites (tertiary alicyclic amines) is 1. The molecule has 156 valence electrons. The molecule has 1 N–H and O–H groups in total. The number of hydrogen-bond donors (Lipinski definition) is 1. The molecule has 1 aromatic rings. The first kappa shape index (κ1) is 22.5. The first-order valence-electron chi connectivity index (χ1n) is 9.59. The quantitative estimate of drug-likeness (QED) is 0.640. The van der Waals surface area contributed by atoms with Crippen molar-refractivity contribution in [2.75, 3.05) is 12.4 Å². The molecule has 28 heavy (non-hydrogen) atoms. The molecule has 2 atom stereocenters. The Morgan fingerprint density at radius 3 is 2.25 bits per heavy atom. The maximum absolute atomic E-state index is 12.6. The largest absolute Gasteiger partial charge is 0.465 e. The maximum Gasteiger partial charge on any atom is 0.410 e. The summed E-state index contributed by atoms with van der Waals surface area (Å²) in [5.74, 6) is -0.358. The number of amides is 1. The van der Waals surface area contributed by atoms with E-state index < -0.39 is 5.60 Å². The molecule has 2 rings (SSSR count). The Bertz CT molecular complexity index is 733. The highest BCUT2D eigenvalue weighted by molar-refractivity contribution is 9.10. The predicted octanol–water partition coefficient (Wildman–Crippen LogP) is 5.13. The van der Waals surface area contributed by atoms with E-state index in [-0.39, 0.29) is 30.2 Å². The average molecular weight is 455 g/mol. The summed E-state index contributed by atoms with van der Waals surface area (Å²) in [5.41, 5.74) is 1.77. The van der Waals surface area contributed by atoms with Crippen LogP contribution in [0.5, 0.6) is 0 Å². The van der Waals surface area contributed by atoms with Gasteiger partial charge in [0.25, 0.3) is 0 Å². The summed E-state index contributed by atoms with van der Waals surface area (Å²) < 4.78 is 11.3. The Morgan fingerprint density at radius 2 is 1.75 bits per heavy atom. The molecule has 0 bridgehead atoms. The van der Waals surface area contributed by atoms with Gasteiger partial charge in [0.15, 0.2) is 0 Å². The number of anilines is 1. The monoisotopic (exact) mass is 454 g/mol. The third kappa shape index (κ3) is 5.40. The lowest BCUT2D eigenvalue weighted by atomic mass is 9.92. The van der Waals surface area contributed by atoms with Crippen LogP contribution in [0.25, 0.3) is 0 Å². The third-order valence-electron chi connectivity index (χ3n) is 4.94. The molecule has 6 nitrogen and oxygen atoms in total. The first-order valence-corrected chi connectivity index (χ1v) is 10.4. The van der Waals surface area contributed by atoms with Crippen LogP contribution >= 0.6 is 15.9 Å². The molecule has 7 heteroatoms. The van der Waals surface area contributed by atoms with Gasteiger partial charge in [-0.3, -0.25) is 0 Å². The molecule has 0 spiro atoms. The Kier molecular flexibility index (Phi) is 7.02. The van der Waals surface area contributed by atoms with Gasteiger partial charge in [-0.2, -0.15) is 0 Å². The van der Waals surface area contributed by atoms with Gasteiger partial charge >= 0.3 is 12.1 Å². The van der Waals surface area contributed by atoms with Gasteiger partial charge in [0.05, 0.1) is 12.7 Å². The smallest absolute Gasteiger partial charge is 0.410 e. The molecule has 1 aliphatic heterocycles. The van der Waals surface area contributed by atoms with Crippen LogP contribution in [0.4, 0.5) is 10.5 Å². The number of benzene rings is 1. The molecule has 0 unspecified atom stereocenters. The number of carbonyl (C=O) groups excluding carboxylic acids is 2. The second-order valence-corrected chi connectivity index (χ2v) is 9.43.